The van der Waals surface area contributed by atoms with Crippen LogP contribution in [0.1, 0.15) is 37.4 Å². The minimum atomic E-state index is -4.23. The van der Waals surface area contributed by atoms with E-state index in [1.54, 1.807) is 12.3 Å². The molecule has 0 spiro atoms. The molecule has 1 aromatic carbocycles. The summed E-state index contributed by atoms with van der Waals surface area (Å²) in [6, 6.07) is 6.57. The van der Waals surface area contributed by atoms with Crippen LogP contribution in [0.3, 0.4) is 0 Å². The molecule has 2 amide bonds. The second-order valence-electron chi connectivity index (χ2n) is 7.73. The van der Waals surface area contributed by atoms with Crippen molar-refractivity contribution in [3.05, 3.63) is 47.9 Å². The van der Waals surface area contributed by atoms with Gasteiger partial charge in [0.2, 0.25) is 5.88 Å². The molecular weight excluding hydrogens is 432 g/mol. The zero-order chi connectivity index (χ0) is 22.9. The van der Waals surface area contributed by atoms with Gasteiger partial charge >= 0.3 is 16.1 Å². The van der Waals surface area contributed by atoms with Crippen LogP contribution in [0.25, 0.3) is 11.1 Å². The van der Waals surface area contributed by atoms with Gasteiger partial charge in [0, 0.05) is 23.9 Å². The Labute approximate surface area is 186 Å². The largest absolute Gasteiger partial charge is 0.481 e. The summed E-state index contributed by atoms with van der Waals surface area (Å²) in [7, 11) is -2.70. The van der Waals surface area contributed by atoms with E-state index in [0.717, 1.165) is 41.5 Å². The van der Waals surface area contributed by atoms with Crippen molar-refractivity contribution in [3.63, 3.8) is 0 Å². The molecule has 4 rings (SSSR count). The molecule has 10 nitrogen and oxygen atoms in total. The second-order valence-corrected chi connectivity index (χ2v) is 9.30. The summed E-state index contributed by atoms with van der Waals surface area (Å²) in [4.78, 5) is 20.7. The van der Waals surface area contributed by atoms with Crippen LogP contribution in [0, 0.1) is 0 Å². The average molecular weight is 457 g/mol. The Bertz CT molecular complexity index is 1270. The molecule has 0 fully saturated rings. The number of pyridine rings is 1. The SMILES string of the molecule is COc1cc(-c2ccc3c(c2NC(=O)NS(=O)(=O)c2ncn(C(C)C)n2)CCC3)ccn1. The predicted octanol–water partition coefficient (Wildman–Crippen LogP) is 2.93. The fourth-order valence-electron chi connectivity index (χ4n) is 3.68. The van der Waals surface area contributed by atoms with Crippen molar-refractivity contribution in [3.8, 4) is 17.0 Å². The Kier molecular flexibility index (Phi) is 5.83. The minimum absolute atomic E-state index is 0.0629. The highest BCUT2D eigenvalue weighted by Crippen LogP contribution is 2.38. The average Bonchev–Trinajstić information content (AvgIpc) is 3.44. The molecule has 2 aromatic heterocycles. The first kappa shape index (κ1) is 21.8. The van der Waals surface area contributed by atoms with E-state index < -0.39 is 21.2 Å². The van der Waals surface area contributed by atoms with Crippen LogP contribution < -0.4 is 14.8 Å². The summed E-state index contributed by atoms with van der Waals surface area (Å²) in [6.45, 7) is 3.69. The van der Waals surface area contributed by atoms with Gasteiger partial charge < -0.3 is 10.1 Å². The maximum atomic E-state index is 12.7. The molecule has 1 aliphatic carbocycles. The highest BCUT2D eigenvalue weighted by molar-refractivity contribution is 7.89. The van der Waals surface area contributed by atoms with Crippen molar-refractivity contribution < 1.29 is 17.9 Å². The Balaban J connectivity index is 1.64. The third-order valence-electron chi connectivity index (χ3n) is 5.26. The van der Waals surface area contributed by atoms with Crippen molar-refractivity contribution in [2.24, 2.45) is 0 Å². The Hall–Kier alpha value is -3.47. The fourth-order valence-corrected chi connectivity index (χ4v) is 4.45. The van der Waals surface area contributed by atoms with Gasteiger partial charge in [-0.1, -0.05) is 12.1 Å². The zero-order valence-electron chi connectivity index (χ0n) is 18.0. The number of aryl methyl sites for hydroxylation is 1. The molecule has 0 saturated carbocycles. The van der Waals surface area contributed by atoms with Gasteiger partial charge in [-0.15, -0.1) is 5.10 Å². The molecule has 1 aliphatic rings. The van der Waals surface area contributed by atoms with Crippen LogP contribution in [0.5, 0.6) is 5.88 Å². The summed E-state index contributed by atoms with van der Waals surface area (Å²) < 4.78 is 33.8. The minimum Gasteiger partial charge on any atom is -0.481 e. The van der Waals surface area contributed by atoms with E-state index in [0.29, 0.717) is 11.6 Å². The summed E-state index contributed by atoms with van der Waals surface area (Å²) in [5, 5.41) is 6.23. The number of sulfonamides is 1. The number of urea groups is 1. The maximum absolute atomic E-state index is 12.7. The standard InChI is InChI=1S/C21H24N6O4S/c1-13(2)27-12-23-21(25-27)32(29,30)26-20(28)24-19-16-6-4-5-14(16)7-8-17(19)15-9-10-22-18(11-15)31-3/h7-13H,4-6H2,1-3H3,(H2,24,26,28). The van der Waals surface area contributed by atoms with E-state index in [1.165, 1.54) is 18.1 Å². The molecule has 2 N–H and O–H groups in total. The predicted molar refractivity (Wildman–Crippen MR) is 118 cm³/mol. The Morgan fingerprint density at radius 3 is 2.72 bits per heavy atom. The molecular formula is C21H24N6O4S. The summed E-state index contributed by atoms with van der Waals surface area (Å²) in [6.07, 6.45) is 5.58. The lowest BCUT2D eigenvalue weighted by Crippen LogP contribution is -2.35. The number of carbonyl (C=O) groups excluding carboxylic acids is 1. The van der Waals surface area contributed by atoms with Crippen molar-refractivity contribution in [2.45, 2.75) is 44.3 Å². The van der Waals surface area contributed by atoms with Gasteiger partial charge in [0.05, 0.1) is 12.8 Å². The van der Waals surface area contributed by atoms with Crippen LogP contribution in [0.4, 0.5) is 10.5 Å². The second kappa shape index (κ2) is 8.58. The number of aromatic nitrogens is 4. The van der Waals surface area contributed by atoms with Gasteiger partial charge in [-0.05, 0) is 55.9 Å². The van der Waals surface area contributed by atoms with Gasteiger partial charge in [-0.3, -0.25) is 0 Å². The van der Waals surface area contributed by atoms with E-state index >= 15 is 0 Å². The third kappa shape index (κ3) is 4.28. The van der Waals surface area contributed by atoms with Gasteiger partial charge in [0.1, 0.15) is 6.33 Å². The van der Waals surface area contributed by atoms with E-state index in [2.05, 4.69) is 20.4 Å². The van der Waals surface area contributed by atoms with Gasteiger partial charge in [0.15, 0.2) is 0 Å². The van der Waals surface area contributed by atoms with Gasteiger partial charge in [0.25, 0.3) is 5.16 Å². The molecule has 32 heavy (non-hydrogen) atoms. The molecule has 0 unspecified atom stereocenters. The van der Waals surface area contributed by atoms with Crippen LogP contribution in [-0.2, 0) is 22.9 Å². The molecule has 0 radical (unpaired) electrons. The van der Waals surface area contributed by atoms with Crippen LogP contribution >= 0.6 is 0 Å². The molecule has 0 bridgehead atoms. The lowest BCUT2D eigenvalue weighted by molar-refractivity contribution is 0.256. The molecule has 2 heterocycles. The fraction of sp³-hybridized carbons (Fsp3) is 0.333. The highest BCUT2D eigenvalue weighted by Gasteiger charge is 2.25. The van der Waals surface area contributed by atoms with Crippen LogP contribution in [0.15, 0.2) is 41.9 Å². The van der Waals surface area contributed by atoms with E-state index in [-0.39, 0.29) is 6.04 Å². The van der Waals surface area contributed by atoms with Crippen molar-refractivity contribution >= 4 is 21.7 Å². The van der Waals surface area contributed by atoms with Crippen LogP contribution in [-0.4, -0.2) is 41.3 Å². The highest BCUT2D eigenvalue weighted by atomic mass is 32.2. The van der Waals surface area contributed by atoms with E-state index in [4.69, 9.17) is 4.74 Å². The summed E-state index contributed by atoms with van der Waals surface area (Å²) in [5.41, 5.74) is 4.24. The molecule has 0 saturated heterocycles. The van der Waals surface area contributed by atoms with Crippen molar-refractivity contribution in [1.29, 1.82) is 0 Å². The number of nitrogens with one attached hydrogen (secondary N) is 2. The summed E-state index contributed by atoms with van der Waals surface area (Å²) >= 11 is 0. The first-order chi connectivity index (χ1) is 15.3. The van der Waals surface area contributed by atoms with Crippen molar-refractivity contribution in [1.82, 2.24) is 24.5 Å². The van der Waals surface area contributed by atoms with Gasteiger partial charge in [-0.25, -0.2) is 24.2 Å². The Morgan fingerprint density at radius 1 is 1.19 bits per heavy atom. The normalized spacial score (nSPS) is 13.1. The first-order valence-electron chi connectivity index (χ1n) is 10.2. The first-order valence-corrected chi connectivity index (χ1v) is 11.7. The number of amides is 2. The number of carbonyl (C=O) groups is 1. The topological polar surface area (TPSA) is 128 Å². The zero-order valence-corrected chi connectivity index (χ0v) is 18.8. The molecule has 0 aliphatic heterocycles. The molecule has 3 aromatic rings. The van der Waals surface area contributed by atoms with E-state index in [1.807, 2.05) is 36.8 Å². The lowest BCUT2D eigenvalue weighted by atomic mass is 9.98. The van der Waals surface area contributed by atoms with Crippen molar-refractivity contribution in [2.75, 3.05) is 12.4 Å². The molecule has 0 atom stereocenters. The number of ether oxygens (including phenoxy) is 1. The number of nitrogens with zero attached hydrogens (tertiary/aromatic N) is 4. The number of methoxy groups -OCH3 is 1. The molecule has 11 heteroatoms. The lowest BCUT2D eigenvalue weighted by Gasteiger charge is -2.16. The monoisotopic (exact) mass is 456 g/mol. The molecule has 168 valence electrons. The summed E-state index contributed by atoms with van der Waals surface area (Å²) in [5.74, 6) is 0.438. The number of anilines is 1. The Morgan fingerprint density at radius 2 is 2.00 bits per heavy atom. The number of fused-ring (bicyclic) bond motifs is 1. The number of hydrogen-bond acceptors (Lipinski definition) is 7. The van der Waals surface area contributed by atoms with Crippen LogP contribution in [0.2, 0.25) is 0 Å². The smallest absolute Gasteiger partial charge is 0.333 e. The quantitative estimate of drug-likeness (QED) is 0.583. The maximum Gasteiger partial charge on any atom is 0.333 e. The number of benzene rings is 1. The van der Waals surface area contributed by atoms with Gasteiger partial charge in [-0.2, -0.15) is 8.42 Å². The number of hydrogen-bond donors (Lipinski definition) is 2. The van der Waals surface area contributed by atoms with E-state index in [9.17, 15) is 13.2 Å². The third-order valence-corrected chi connectivity index (χ3v) is 6.38. The number of rotatable bonds is 6.